The predicted molar refractivity (Wildman–Crippen MR) is 274 cm³/mol. The second-order valence-corrected chi connectivity index (χ2v) is 19.5. The zero-order valence-electron chi connectivity index (χ0n) is 43.6. The topological polar surface area (TPSA) is 111 Å². The maximum absolute atomic E-state index is 12.8. The Kier molecular flexibility index (Phi) is 46.7. The molecule has 0 aromatic heterocycles. The van der Waals surface area contributed by atoms with Crippen molar-refractivity contribution >= 4 is 17.9 Å². The molecule has 0 rings (SSSR count). The molecule has 0 N–H and O–H groups in total. The smallest absolute Gasteiger partial charge is 0.306 e. The number of quaternary nitrogens is 1. The highest BCUT2D eigenvalue weighted by Crippen LogP contribution is 2.15. The molecule has 0 radical (unpaired) electrons. The Morgan fingerprint density at radius 1 is 0.455 bits per heavy atom. The summed E-state index contributed by atoms with van der Waals surface area (Å²) < 4.78 is 22.6. The number of esters is 2. The summed E-state index contributed by atoms with van der Waals surface area (Å²) in [4.78, 5) is 37.2. The highest BCUT2D eigenvalue weighted by molar-refractivity contribution is 5.70. The summed E-state index contributed by atoms with van der Waals surface area (Å²) in [6, 6.07) is 0. The second kappa shape index (κ2) is 48.7. The number of carbonyl (C=O) groups is 3. The van der Waals surface area contributed by atoms with Gasteiger partial charge < -0.3 is 33.3 Å². The van der Waals surface area contributed by atoms with Crippen molar-refractivity contribution in [2.24, 2.45) is 0 Å². The van der Waals surface area contributed by atoms with E-state index in [0.717, 1.165) is 70.6 Å². The molecule has 0 amide bonds. The SMILES string of the molecule is CCCCCC/C=C\C/C=C\CCCCCCCC(=O)OCC(COC(OCC[N+](C)(C)C)C(=O)[O-])OC(=O)CCCCCCCCCCCCCCC/C=C\C/C=C\CCCCCCC. The largest absolute Gasteiger partial charge is 0.545 e. The van der Waals surface area contributed by atoms with Gasteiger partial charge in [-0.25, -0.2) is 0 Å². The van der Waals surface area contributed by atoms with Gasteiger partial charge in [0.1, 0.15) is 13.2 Å². The number of ether oxygens (including phenoxy) is 4. The Balaban J connectivity index is 4.27. The molecule has 0 spiro atoms. The summed E-state index contributed by atoms with van der Waals surface area (Å²) in [5.41, 5.74) is 0. The number of rotatable bonds is 50. The first kappa shape index (κ1) is 63.2. The van der Waals surface area contributed by atoms with Crippen molar-refractivity contribution in [3.63, 3.8) is 0 Å². The zero-order valence-corrected chi connectivity index (χ0v) is 43.6. The van der Waals surface area contributed by atoms with E-state index in [2.05, 4.69) is 62.5 Å². The van der Waals surface area contributed by atoms with E-state index in [1.54, 1.807) is 0 Å². The van der Waals surface area contributed by atoms with Crippen LogP contribution in [0, 0.1) is 0 Å². The van der Waals surface area contributed by atoms with Gasteiger partial charge in [0.15, 0.2) is 12.4 Å². The van der Waals surface area contributed by atoms with Gasteiger partial charge in [-0.3, -0.25) is 9.59 Å². The number of carboxylic acids is 1. The number of unbranched alkanes of at least 4 members (excludes halogenated alkanes) is 27. The number of likely N-dealkylation sites (N-methyl/N-ethyl adjacent to an activating group) is 1. The number of hydrogen-bond donors (Lipinski definition) is 0. The van der Waals surface area contributed by atoms with Crippen molar-refractivity contribution < 1.29 is 42.9 Å². The Labute approximate surface area is 406 Å². The molecule has 9 nitrogen and oxygen atoms in total. The van der Waals surface area contributed by atoms with Crippen molar-refractivity contribution in [2.75, 3.05) is 47.5 Å². The fourth-order valence-corrected chi connectivity index (χ4v) is 7.54. The van der Waals surface area contributed by atoms with Crippen molar-refractivity contribution in [3.05, 3.63) is 48.6 Å². The van der Waals surface area contributed by atoms with Crippen LogP contribution in [0.3, 0.4) is 0 Å². The Hall–Kier alpha value is -2.75. The summed E-state index contributed by atoms with van der Waals surface area (Å²) in [6.45, 7) is 4.72. The predicted octanol–water partition coefficient (Wildman–Crippen LogP) is 14.2. The molecule has 0 fully saturated rings. The third-order valence-electron chi connectivity index (χ3n) is 11.8. The van der Waals surface area contributed by atoms with E-state index in [0.29, 0.717) is 17.4 Å². The molecule has 2 atom stereocenters. The lowest BCUT2D eigenvalue weighted by atomic mass is 10.0. The maximum atomic E-state index is 12.8. The molecule has 384 valence electrons. The quantitative estimate of drug-likeness (QED) is 0.0195. The van der Waals surface area contributed by atoms with Gasteiger partial charge in [-0.05, 0) is 77.0 Å². The minimum atomic E-state index is -1.62. The molecule has 0 aliphatic heterocycles. The van der Waals surface area contributed by atoms with Gasteiger partial charge in [0.25, 0.3) is 0 Å². The molecule has 66 heavy (non-hydrogen) atoms. The number of nitrogens with zero attached hydrogens (tertiary/aromatic N) is 1. The number of carboxylic acid groups (broad SMARTS) is 1. The summed E-state index contributed by atoms with van der Waals surface area (Å²) in [7, 11) is 5.91. The standard InChI is InChI=1S/C57H103NO8/c1-6-8-10-12-14-16-18-20-22-24-25-26-27-28-29-30-31-32-34-36-38-40-42-44-46-48-55(60)66-53(52-65-57(56(61)62)63-50-49-58(3,4)5)51-64-54(59)47-45-43-41-39-37-35-33-23-21-19-17-15-13-11-9-7-2/h17-20,23-25,33,53,57H,6-16,21-22,26-32,34-52H2,1-5H3/b19-17-,20-18-,25-24-,33-23-. The average molecular weight is 930 g/mol. The van der Waals surface area contributed by atoms with E-state index in [1.807, 2.05) is 21.1 Å². The fraction of sp³-hybridized carbons (Fsp3) is 0.807. The number of carbonyl (C=O) groups excluding carboxylic acids is 3. The van der Waals surface area contributed by atoms with Gasteiger partial charge in [0.2, 0.25) is 0 Å². The van der Waals surface area contributed by atoms with E-state index in [9.17, 15) is 19.5 Å². The average Bonchev–Trinajstić information content (AvgIpc) is 3.28. The molecule has 0 aliphatic rings. The first-order chi connectivity index (χ1) is 32.1. The van der Waals surface area contributed by atoms with E-state index in [-0.39, 0.29) is 38.6 Å². The Bertz CT molecular complexity index is 1220. The third-order valence-corrected chi connectivity index (χ3v) is 11.8. The molecule has 9 heteroatoms. The summed E-state index contributed by atoms with van der Waals surface area (Å²) in [5, 5.41) is 11.7. The van der Waals surface area contributed by atoms with Crippen molar-refractivity contribution in [2.45, 2.75) is 251 Å². The number of hydrogen-bond acceptors (Lipinski definition) is 8. The monoisotopic (exact) mass is 930 g/mol. The second-order valence-electron chi connectivity index (χ2n) is 19.5. The molecule has 2 unspecified atom stereocenters. The first-order valence-corrected chi connectivity index (χ1v) is 27.3. The van der Waals surface area contributed by atoms with Crippen LogP contribution in [-0.2, 0) is 33.3 Å². The van der Waals surface area contributed by atoms with Gasteiger partial charge in [-0.2, -0.15) is 0 Å². The molecule has 0 aromatic carbocycles. The van der Waals surface area contributed by atoms with Crippen LogP contribution in [0.25, 0.3) is 0 Å². The summed E-state index contributed by atoms with van der Waals surface area (Å²) >= 11 is 0. The molecular formula is C57H103NO8. The normalized spacial score (nSPS) is 13.2. The van der Waals surface area contributed by atoms with Gasteiger partial charge in [-0.1, -0.05) is 197 Å². The Morgan fingerprint density at radius 3 is 1.21 bits per heavy atom. The highest BCUT2D eigenvalue weighted by atomic mass is 16.7. The molecule has 0 aromatic rings. The van der Waals surface area contributed by atoms with E-state index in [1.165, 1.54) is 135 Å². The van der Waals surface area contributed by atoms with Crippen molar-refractivity contribution in [1.82, 2.24) is 0 Å². The van der Waals surface area contributed by atoms with Crippen molar-refractivity contribution in [3.8, 4) is 0 Å². The fourth-order valence-electron chi connectivity index (χ4n) is 7.54. The van der Waals surface area contributed by atoms with Crippen LogP contribution in [-0.4, -0.2) is 82.3 Å². The van der Waals surface area contributed by atoms with Crippen LogP contribution in [0.5, 0.6) is 0 Å². The van der Waals surface area contributed by atoms with Crippen LogP contribution in [0.1, 0.15) is 239 Å². The molecule has 0 saturated carbocycles. The van der Waals surface area contributed by atoms with E-state index < -0.39 is 24.3 Å². The lowest BCUT2D eigenvalue weighted by Crippen LogP contribution is -2.44. The summed E-state index contributed by atoms with van der Waals surface area (Å²) in [6.07, 6.45) is 55.8. The molecular weight excluding hydrogens is 827 g/mol. The van der Waals surface area contributed by atoms with Gasteiger partial charge >= 0.3 is 11.9 Å². The molecule has 0 saturated heterocycles. The Morgan fingerprint density at radius 2 is 0.818 bits per heavy atom. The number of aliphatic carboxylic acids is 1. The molecule has 0 bridgehead atoms. The van der Waals surface area contributed by atoms with E-state index in [4.69, 9.17) is 18.9 Å². The van der Waals surface area contributed by atoms with Gasteiger partial charge in [-0.15, -0.1) is 0 Å². The number of allylic oxidation sites excluding steroid dienone is 8. The summed E-state index contributed by atoms with van der Waals surface area (Å²) in [5.74, 6) is -2.30. The lowest BCUT2D eigenvalue weighted by Gasteiger charge is -2.26. The van der Waals surface area contributed by atoms with E-state index >= 15 is 0 Å². The van der Waals surface area contributed by atoms with Crippen molar-refractivity contribution in [1.29, 1.82) is 0 Å². The highest BCUT2D eigenvalue weighted by Gasteiger charge is 2.22. The van der Waals surface area contributed by atoms with Crippen LogP contribution >= 0.6 is 0 Å². The van der Waals surface area contributed by atoms with Gasteiger partial charge in [0.05, 0.1) is 40.3 Å². The van der Waals surface area contributed by atoms with Crippen LogP contribution < -0.4 is 5.11 Å². The molecule has 0 heterocycles. The first-order valence-electron chi connectivity index (χ1n) is 27.3. The van der Waals surface area contributed by atoms with Crippen LogP contribution in [0.15, 0.2) is 48.6 Å². The lowest BCUT2D eigenvalue weighted by molar-refractivity contribution is -0.870. The third kappa shape index (κ3) is 49.2. The molecule has 0 aliphatic carbocycles. The van der Waals surface area contributed by atoms with Crippen LogP contribution in [0.4, 0.5) is 0 Å². The zero-order chi connectivity index (χ0) is 48.4. The minimum absolute atomic E-state index is 0.145. The maximum Gasteiger partial charge on any atom is 0.306 e. The van der Waals surface area contributed by atoms with Gasteiger partial charge in [0, 0.05) is 12.8 Å². The van der Waals surface area contributed by atoms with Crippen LogP contribution in [0.2, 0.25) is 0 Å². The minimum Gasteiger partial charge on any atom is -0.545 e.